The predicted molar refractivity (Wildman–Crippen MR) is 66.3 cm³/mol. The number of hydrogen-bond donors (Lipinski definition) is 1. The van der Waals surface area contributed by atoms with E-state index in [1.165, 1.54) is 12.1 Å². The highest BCUT2D eigenvalue weighted by atomic mass is 79.9. The lowest BCUT2D eigenvalue weighted by atomic mass is 10.2. The van der Waals surface area contributed by atoms with Crippen LogP contribution in [0, 0.1) is 5.82 Å². The van der Waals surface area contributed by atoms with Crippen molar-refractivity contribution in [1.29, 1.82) is 0 Å². The molecular formula is C12H8BrFN2O. The summed E-state index contributed by atoms with van der Waals surface area (Å²) < 4.78 is 13.9. The summed E-state index contributed by atoms with van der Waals surface area (Å²) in [6, 6.07) is 9.46. The van der Waals surface area contributed by atoms with E-state index in [0.717, 1.165) is 0 Å². The summed E-state index contributed by atoms with van der Waals surface area (Å²) in [6.07, 6.45) is 1.55. The van der Waals surface area contributed by atoms with Crippen molar-refractivity contribution in [3.63, 3.8) is 0 Å². The number of aromatic nitrogens is 1. The van der Waals surface area contributed by atoms with Gasteiger partial charge in [-0.1, -0.05) is 12.1 Å². The Kier molecular flexibility index (Phi) is 3.49. The van der Waals surface area contributed by atoms with Gasteiger partial charge in [-0.15, -0.1) is 0 Å². The van der Waals surface area contributed by atoms with Crippen molar-refractivity contribution in [2.24, 2.45) is 0 Å². The van der Waals surface area contributed by atoms with Crippen molar-refractivity contribution in [1.82, 2.24) is 4.98 Å². The topological polar surface area (TPSA) is 42.0 Å². The van der Waals surface area contributed by atoms with Gasteiger partial charge in [0.1, 0.15) is 11.6 Å². The van der Waals surface area contributed by atoms with Crippen LogP contribution in [-0.4, -0.2) is 10.9 Å². The van der Waals surface area contributed by atoms with Gasteiger partial charge < -0.3 is 5.32 Å². The number of hydrogen-bond acceptors (Lipinski definition) is 2. The summed E-state index contributed by atoms with van der Waals surface area (Å²) in [7, 11) is 0. The van der Waals surface area contributed by atoms with Crippen LogP contribution in [0.5, 0.6) is 0 Å². The molecule has 3 nitrogen and oxygen atoms in total. The van der Waals surface area contributed by atoms with Gasteiger partial charge in [0, 0.05) is 10.7 Å². The Labute approximate surface area is 106 Å². The van der Waals surface area contributed by atoms with Gasteiger partial charge in [0.15, 0.2) is 0 Å². The molecule has 0 saturated heterocycles. The highest BCUT2D eigenvalue weighted by Crippen LogP contribution is 2.20. The van der Waals surface area contributed by atoms with E-state index in [1.807, 2.05) is 0 Å². The molecule has 1 amide bonds. The Morgan fingerprint density at radius 1 is 1.24 bits per heavy atom. The number of pyridine rings is 1. The van der Waals surface area contributed by atoms with Crippen molar-refractivity contribution < 1.29 is 9.18 Å². The molecular weight excluding hydrogens is 287 g/mol. The first-order chi connectivity index (χ1) is 8.18. The van der Waals surface area contributed by atoms with Crippen LogP contribution < -0.4 is 5.32 Å². The van der Waals surface area contributed by atoms with Gasteiger partial charge in [0.2, 0.25) is 0 Å². The third-order valence-corrected chi connectivity index (χ3v) is 2.76. The minimum Gasteiger partial charge on any atom is -0.306 e. The molecule has 0 spiro atoms. The highest BCUT2D eigenvalue weighted by Gasteiger charge is 2.15. The molecule has 17 heavy (non-hydrogen) atoms. The Morgan fingerprint density at radius 2 is 2.06 bits per heavy atom. The van der Waals surface area contributed by atoms with Gasteiger partial charge >= 0.3 is 0 Å². The lowest BCUT2D eigenvalue weighted by molar-refractivity contribution is 0.102. The SMILES string of the molecule is O=C(Nc1ccccn1)c1c(F)cccc1Br. The van der Waals surface area contributed by atoms with Crippen LogP contribution in [0.1, 0.15) is 10.4 Å². The van der Waals surface area contributed by atoms with Gasteiger partial charge in [0.25, 0.3) is 5.91 Å². The molecule has 0 saturated carbocycles. The first kappa shape index (κ1) is 11.7. The lowest BCUT2D eigenvalue weighted by Gasteiger charge is -2.06. The summed E-state index contributed by atoms with van der Waals surface area (Å²) >= 11 is 3.14. The summed E-state index contributed by atoms with van der Waals surface area (Å²) in [5.74, 6) is -0.728. The average molecular weight is 295 g/mol. The summed E-state index contributed by atoms with van der Waals surface area (Å²) in [5, 5.41) is 2.52. The number of anilines is 1. The zero-order valence-electron chi connectivity index (χ0n) is 8.65. The van der Waals surface area contributed by atoms with E-state index in [2.05, 4.69) is 26.2 Å². The van der Waals surface area contributed by atoms with Gasteiger partial charge in [-0.25, -0.2) is 9.37 Å². The van der Waals surface area contributed by atoms with Gasteiger partial charge in [-0.2, -0.15) is 0 Å². The normalized spacial score (nSPS) is 10.0. The Morgan fingerprint density at radius 3 is 2.71 bits per heavy atom. The number of rotatable bonds is 2. The minimum atomic E-state index is -0.576. The third kappa shape index (κ3) is 2.68. The predicted octanol–water partition coefficient (Wildman–Crippen LogP) is 3.24. The van der Waals surface area contributed by atoms with Crippen molar-refractivity contribution in [2.75, 3.05) is 5.32 Å². The smallest absolute Gasteiger partial charge is 0.260 e. The van der Waals surface area contributed by atoms with Crippen LogP contribution in [0.4, 0.5) is 10.2 Å². The van der Waals surface area contributed by atoms with Crippen LogP contribution >= 0.6 is 15.9 Å². The molecule has 5 heteroatoms. The Bertz CT molecular complexity index is 525. The number of carbonyl (C=O) groups is 1. The Hall–Kier alpha value is -1.75. The van der Waals surface area contributed by atoms with Crippen molar-refractivity contribution >= 4 is 27.7 Å². The Balaban J connectivity index is 2.27. The highest BCUT2D eigenvalue weighted by molar-refractivity contribution is 9.10. The van der Waals surface area contributed by atoms with Crippen LogP contribution in [-0.2, 0) is 0 Å². The molecule has 0 bridgehead atoms. The molecule has 2 aromatic rings. The maximum absolute atomic E-state index is 13.5. The molecule has 1 aromatic carbocycles. The van der Waals surface area contributed by atoms with Crippen LogP contribution in [0.15, 0.2) is 47.1 Å². The lowest BCUT2D eigenvalue weighted by Crippen LogP contribution is -2.15. The van der Waals surface area contributed by atoms with E-state index in [-0.39, 0.29) is 5.56 Å². The molecule has 0 aliphatic rings. The number of nitrogens with zero attached hydrogens (tertiary/aromatic N) is 1. The third-order valence-electron chi connectivity index (χ3n) is 2.10. The van der Waals surface area contributed by atoms with Crippen LogP contribution in [0.2, 0.25) is 0 Å². The van der Waals surface area contributed by atoms with Crippen LogP contribution in [0.3, 0.4) is 0 Å². The zero-order chi connectivity index (χ0) is 12.3. The fourth-order valence-corrected chi connectivity index (χ4v) is 1.85. The first-order valence-corrected chi connectivity index (χ1v) is 5.64. The molecule has 1 N–H and O–H groups in total. The molecule has 0 radical (unpaired) electrons. The van der Waals surface area contributed by atoms with Gasteiger partial charge in [0.05, 0.1) is 5.56 Å². The minimum absolute atomic E-state index is 0.0295. The molecule has 86 valence electrons. The molecule has 0 unspecified atom stereocenters. The summed E-state index contributed by atoms with van der Waals surface area (Å²) in [6.45, 7) is 0. The van der Waals surface area contributed by atoms with Crippen molar-refractivity contribution in [3.8, 4) is 0 Å². The molecule has 0 aliphatic heterocycles. The van der Waals surface area contributed by atoms with E-state index in [0.29, 0.717) is 10.3 Å². The number of nitrogens with one attached hydrogen (secondary N) is 1. The fourth-order valence-electron chi connectivity index (χ4n) is 1.33. The first-order valence-electron chi connectivity index (χ1n) is 4.85. The summed E-state index contributed by atoms with van der Waals surface area (Å²) in [4.78, 5) is 15.8. The maximum Gasteiger partial charge on any atom is 0.260 e. The second-order valence-electron chi connectivity index (χ2n) is 3.27. The maximum atomic E-state index is 13.5. The fraction of sp³-hybridized carbons (Fsp3) is 0. The zero-order valence-corrected chi connectivity index (χ0v) is 10.2. The number of carbonyl (C=O) groups excluding carboxylic acids is 1. The van der Waals surface area contributed by atoms with E-state index in [4.69, 9.17) is 0 Å². The molecule has 0 atom stereocenters. The second kappa shape index (κ2) is 5.05. The van der Waals surface area contributed by atoms with Crippen molar-refractivity contribution in [3.05, 3.63) is 58.4 Å². The van der Waals surface area contributed by atoms with Gasteiger partial charge in [-0.3, -0.25) is 4.79 Å². The van der Waals surface area contributed by atoms with Gasteiger partial charge in [-0.05, 0) is 40.2 Å². The van der Waals surface area contributed by atoms with Crippen LogP contribution in [0.25, 0.3) is 0 Å². The van der Waals surface area contributed by atoms with E-state index >= 15 is 0 Å². The summed E-state index contributed by atoms with van der Waals surface area (Å²) in [5.41, 5.74) is -0.0295. The monoisotopic (exact) mass is 294 g/mol. The molecule has 0 aliphatic carbocycles. The number of halogens is 2. The molecule has 1 heterocycles. The van der Waals surface area contributed by atoms with E-state index in [1.54, 1.807) is 30.5 Å². The standard InChI is InChI=1S/C12H8BrFN2O/c13-8-4-3-5-9(14)11(8)12(17)16-10-6-1-2-7-15-10/h1-7H,(H,15,16,17). The number of amides is 1. The van der Waals surface area contributed by atoms with Crippen molar-refractivity contribution in [2.45, 2.75) is 0 Å². The van der Waals surface area contributed by atoms with E-state index in [9.17, 15) is 9.18 Å². The molecule has 2 rings (SSSR count). The molecule has 1 aromatic heterocycles. The second-order valence-corrected chi connectivity index (χ2v) is 4.12. The van der Waals surface area contributed by atoms with E-state index < -0.39 is 11.7 Å². The quantitative estimate of drug-likeness (QED) is 0.924. The largest absolute Gasteiger partial charge is 0.306 e. The molecule has 0 fully saturated rings. The number of benzene rings is 1. The average Bonchev–Trinajstić information content (AvgIpc) is 2.30.